The van der Waals surface area contributed by atoms with Gasteiger partial charge in [0.1, 0.15) is 11.9 Å². The van der Waals surface area contributed by atoms with Gasteiger partial charge in [-0.3, -0.25) is 14.4 Å². The van der Waals surface area contributed by atoms with Gasteiger partial charge in [-0.15, -0.1) is 0 Å². The van der Waals surface area contributed by atoms with Crippen molar-refractivity contribution < 1.29 is 13.9 Å². The highest BCUT2D eigenvalue weighted by Crippen LogP contribution is 2.24. The van der Waals surface area contributed by atoms with Gasteiger partial charge in [0.25, 0.3) is 0 Å². The molecular weight excluding hydrogens is 323 g/mol. The fourth-order valence-electron chi connectivity index (χ4n) is 3.34. The van der Waals surface area contributed by atoms with Gasteiger partial charge in [0.15, 0.2) is 0 Å². The van der Waals surface area contributed by atoms with Crippen molar-refractivity contribution in [2.45, 2.75) is 32.5 Å². The summed E-state index contributed by atoms with van der Waals surface area (Å²) in [4.78, 5) is 14.0. The zero-order valence-corrected chi connectivity index (χ0v) is 14.5. The van der Waals surface area contributed by atoms with Gasteiger partial charge < -0.3 is 10.5 Å². The number of amides is 1. The van der Waals surface area contributed by atoms with Crippen molar-refractivity contribution in [2.75, 3.05) is 19.7 Å². The van der Waals surface area contributed by atoms with Crippen molar-refractivity contribution in [3.63, 3.8) is 0 Å². The van der Waals surface area contributed by atoms with E-state index in [2.05, 4.69) is 5.10 Å². The molecule has 2 atom stereocenters. The minimum Gasteiger partial charge on any atom is -0.374 e. The lowest BCUT2D eigenvalue weighted by Crippen LogP contribution is -2.49. The molecule has 1 aliphatic heterocycles. The molecule has 0 saturated carbocycles. The molecular formula is C18H23FN4O2. The highest BCUT2D eigenvalue weighted by molar-refractivity contribution is 5.81. The van der Waals surface area contributed by atoms with Crippen LogP contribution in [-0.4, -0.2) is 46.4 Å². The Morgan fingerprint density at radius 1 is 1.40 bits per heavy atom. The number of ether oxygens (including phenoxy) is 1. The number of nitrogens with two attached hydrogens (primary N) is 1. The maximum absolute atomic E-state index is 13.2. The van der Waals surface area contributed by atoms with Crippen molar-refractivity contribution in [1.29, 1.82) is 0 Å². The van der Waals surface area contributed by atoms with Gasteiger partial charge in [-0.25, -0.2) is 4.39 Å². The summed E-state index contributed by atoms with van der Waals surface area (Å²) in [5, 5.41) is 4.46. The van der Waals surface area contributed by atoms with Crippen molar-refractivity contribution in [3.8, 4) is 0 Å². The summed E-state index contributed by atoms with van der Waals surface area (Å²) in [6.45, 7) is 6.24. The number of primary amides is 1. The van der Waals surface area contributed by atoms with E-state index in [1.54, 1.807) is 12.1 Å². The smallest absolute Gasteiger partial charge is 0.239 e. The third-order valence-corrected chi connectivity index (χ3v) is 4.47. The van der Waals surface area contributed by atoms with Crippen LogP contribution >= 0.6 is 0 Å². The fourth-order valence-corrected chi connectivity index (χ4v) is 3.34. The standard InChI is InChI=1S/C18H23FN4O2/c1-12-9-13(2)23(21-12)11-16-10-22(7-8-25-16)17(18(20)24)14-3-5-15(19)6-4-14/h3-6,9,16-17H,7-8,10-11H2,1-2H3,(H2,20,24)/t16-,17+/m0/s1. The molecule has 0 radical (unpaired) electrons. The quantitative estimate of drug-likeness (QED) is 0.892. The van der Waals surface area contributed by atoms with Crippen molar-refractivity contribution in [1.82, 2.24) is 14.7 Å². The van der Waals surface area contributed by atoms with Gasteiger partial charge in [0.05, 0.1) is 24.9 Å². The van der Waals surface area contributed by atoms with Crippen LogP contribution in [0.4, 0.5) is 4.39 Å². The Morgan fingerprint density at radius 3 is 2.72 bits per heavy atom. The number of halogens is 1. The third-order valence-electron chi connectivity index (χ3n) is 4.47. The SMILES string of the molecule is Cc1cc(C)n(C[C@@H]2CN([C@@H](C(N)=O)c3ccc(F)cc3)CCO2)n1. The second-order valence-corrected chi connectivity index (χ2v) is 6.45. The first-order valence-electron chi connectivity index (χ1n) is 8.35. The Bertz CT molecular complexity index is 744. The Hall–Kier alpha value is -2.25. The summed E-state index contributed by atoms with van der Waals surface area (Å²) in [5.74, 6) is -0.783. The molecule has 1 aromatic heterocycles. The van der Waals surface area contributed by atoms with E-state index in [-0.39, 0.29) is 11.9 Å². The topological polar surface area (TPSA) is 73.4 Å². The maximum atomic E-state index is 13.2. The fraction of sp³-hybridized carbons (Fsp3) is 0.444. The van der Waals surface area contributed by atoms with E-state index in [0.717, 1.165) is 11.4 Å². The molecule has 1 aliphatic rings. The average molecular weight is 346 g/mol. The van der Waals surface area contributed by atoms with Gasteiger partial charge in [-0.1, -0.05) is 12.1 Å². The number of hydrogen-bond donors (Lipinski definition) is 1. The third kappa shape index (κ3) is 4.05. The van der Waals surface area contributed by atoms with Crippen LogP contribution in [0.2, 0.25) is 0 Å². The molecule has 7 heteroatoms. The first-order valence-corrected chi connectivity index (χ1v) is 8.35. The van der Waals surface area contributed by atoms with E-state index in [9.17, 15) is 9.18 Å². The first kappa shape index (κ1) is 17.6. The van der Waals surface area contributed by atoms with Gasteiger partial charge in [0, 0.05) is 18.8 Å². The maximum Gasteiger partial charge on any atom is 0.239 e. The number of morpholine rings is 1. The van der Waals surface area contributed by atoms with Crippen LogP contribution in [-0.2, 0) is 16.1 Å². The molecule has 1 aromatic carbocycles. The van der Waals surface area contributed by atoms with E-state index in [4.69, 9.17) is 10.5 Å². The molecule has 0 bridgehead atoms. The number of carbonyl (C=O) groups is 1. The molecule has 0 unspecified atom stereocenters. The predicted octanol–water partition coefficient (Wildman–Crippen LogP) is 1.57. The predicted molar refractivity (Wildman–Crippen MR) is 91.3 cm³/mol. The molecule has 0 spiro atoms. The zero-order valence-electron chi connectivity index (χ0n) is 14.5. The van der Waals surface area contributed by atoms with Crippen LogP contribution in [0.5, 0.6) is 0 Å². The van der Waals surface area contributed by atoms with Crippen molar-refractivity contribution >= 4 is 5.91 Å². The summed E-state index contributed by atoms with van der Waals surface area (Å²) >= 11 is 0. The zero-order chi connectivity index (χ0) is 18.0. The van der Waals surface area contributed by atoms with Gasteiger partial charge in [-0.2, -0.15) is 5.10 Å². The molecule has 1 saturated heterocycles. The van der Waals surface area contributed by atoms with Crippen LogP contribution in [0, 0.1) is 19.7 Å². The van der Waals surface area contributed by atoms with Gasteiger partial charge >= 0.3 is 0 Å². The Morgan fingerprint density at radius 2 is 2.12 bits per heavy atom. The molecule has 0 aliphatic carbocycles. The molecule has 1 fully saturated rings. The van der Waals surface area contributed by atoms with E-state index < -0.39 is 11.9 Å². The lowest BCUT2D eigenvalue weighted by molar-refractivity contribution is -0.127. The van der Waals surface area contributed by atoms with Crippen LogP contribution in [0.3, 0.4) is 0 Å². The lowest BCUT2D eigenvalue weighted by Gasteiger charge is -2.37. The molecule has 134 valence electrons. The minimum atomic E-state index is -0.590. The molecule has 2 N–H and O–H groups in total. The number of aromatic nitrogens is 2. The van der Waals surface area contributed by atoms with Crippen molar-refractivity contribution in [2.24, 2.45) is 5.73 Å². The largest absolute Gasteiger partial charge is 0.374 e. The van der Waals surface area contributed by atoms with E-state index in [1.807, 2.05) is 29.5 Å². The average Bonchev–Trinajstić information content (AvgIpc) is 2.87. The van der Waals surface area contributed by atoms with Crippen LogP contribution in [0.25, 0.3) is 0 Å². The van der Waals surface area contributed by atoms with E-state index in [0.29, 0.717) is 31.8 Å². The van der Waals surface area contributed by atoms with Crippen LogP contribution in [0.1, 0.15) is 23.0 Å². The molecule has 1 amide bonds. The van der Waals surface area contributed by atoms with E-state index >= 15 is 0 Å². The van der Waals surface area contributed by atoms with Crippen LogP contribution in [0.15, 0.2) is 30.3 Å². The normalized spacial score (nSPS) is 19.7. The second kappa shape index (κ2) is 7.33. The Balaban J connectivity index is 1.75. The summed E-state index contributed by atoms with van der Waals surface area (Å²) in [5.41, 5.74) is 8.36. The summed E-state index contributed by atoms with van der Waals surface area (Å²) in [6, 6.07) is 7.34. The molecule has 2 heterocycles. The molecule has 25 heavy (non-hydrogen) atoms. The number of carbonyl (C=O) groups excluding carboxylic acids is 1. The van der Waals surface area contributed by atoms with Crippen LogP contribution < -0.4 is 5.73 Å². The monoisotopic (exact) mass is 346 g/mol. The number of aryl methyl sites for hydroxylation is 2. The summed E-state index contributed by atoms with van der Waals surface area (Å²) < 4.78 is 20.9. The lowest BCUT2D eigenvalue weighted by atomic mass is 10.0. The molecule has 3 rings (SSSR count). The highest BCUT2D eigenvalue weighted by Gasteiger charge is 2.31. The Kier molecular flexibility index (Phi) is 5.15. The highest BCUT2D eigenvalue weighted by atomic mass is 19.1. The molecule has 2 aromatic rings. The number of hydrogen-bond acceptors (Lipinski definition) is 4. The number of benzene rings is 1. The number of nitrogens with zero attached hydrogens (tertiary/aromatic N) is 3. The van der Waals surface area contributed by atoms with Crippen molar-refractivity contribution in [3.05, 3.63) is 53.1 Å². The number of rotatable bonds is 5. The molecule has 6 nitrogen and oxygen atoms in total. The van der Waals surface area contributed by atoms with Gasteiger partial charge in [-0.05, 0) is 37.6 Å². The van der Waals surface area contributed by atoms with Gasteiger partial charge in [0.2, 0.25) is 5.91 Å². The van der Waals surface area contributed by atoms with E-state index in [1.165, 1.54) is 12.1 Å². The first-order chi connectivity index (χ1) is 11.9. The Labute approximate surface area is 146 Å². The minimum absolute atomic E-state index is 0.0888. The second-order valence-electron chi connectivity index (χ2n) is 6.45. The summed E-state index contributed by atoms with van der Waals surface area (Å²) in [7, 11) is 0. The summed E-state index contributed by atoms with van der Waals surface area (Å²) in [6.07, 6.45) is -0.0888.